The minimum absolute atomic E-state index is 0. The van der Waals surface area contributed by atoms with E-state index in [0.717, 1.165) is 12.1 Å². The second kappa shape index (κ2) is 23.8. The first-order chi connectivity index (χ1) is 34.1. The van der Waals surface area contributed by atoms with Crippen molar-refractivity contribution in [2.75, 3.05) is 23.8 Å². The van der Waals surface area contributed by atoms with E-state index in [0.29, 0.717) is 33.6 Å². The molecule has 0 atom stereocenters. The molecule has 0 radical (unpaired) electrons. The molecule has 0 fully saturated rings. The molecule has 0 bridgehead atoms. The first kappa shape index (κ1) is 58.1. The van der Waals surface area contributed by atoms with Gasteiger partial charge in [-0.15, -0.1) is 20.5 Å². The third-order valence-corrected chi connectivity index (χ3v) is 12.7. The van der Waals surface area contributed by atoms with Crippen molar-refractivity contribution in [1.29, 1.82) is 0 Å². The summed E-state index contributed by atoms with van der Waals surface area (Å²) in [6.07, 6.45) is 0. The van der Waals surface area contributed by atoms with Crippen molar-refractivity contribution < 1.29 is 105 Å². The Hall–Kier alpha value is -5.16. The molecule has 8 rings (SSSR count). The Labute approximate surface area is 485 Å². The Morgan fingerprint density at radius 3 is 1.22 bits per heavy atom. The van der Waals surface area contributed by atoms with Crippen molar-refractivity contribution in [1.82, 2.24) is 29.9 Å². The molecule has 30 heteroatoms. The summed E-state index contributed by atoms with van der Waals surface area (Å²) in [4.78, 5) is 21.4. The maximum Gasteiger partial charge on any atom is 1.00 e. The Morgan fingerprint density at radius 1 is 0.541 bits per heavy atom. The molecule has 0 spiro atoms. The van der Waals surface area contributed by atoms with E-state index in [9.17, 15) is 36.2 Å². The maximum atomic E-state index is 13.8. The molecule has 2 aromatic heterocycles. The van der Waals surface area contributed by atoms with Crippen LogP contribution in [0.1, 0.15) is 25.0 Å². The van der Waals surface area contributed by atoms with E-state index in [1.54, 1.807) is 52.0 Å². The van der Waals surface area contributed by atoms with Gasteiger partial charge in [-0.3, -0.25) is 9.11 Å². The number of aromatic nitrogens is 6. The SMILES string of the molecule is CCOc1cc(-c2cc(OCC)c(N=Nc3c(S(=O)(=O)O)cc4cc(Nc5nc(Cl)nc(Cl)n5)ccc4c3[O-])cc2C)c(C)cc1N=Nc1c(S(=O)(=O)O)cc2cc(Nc3nc(Cl)nc(Cl)n3)ccc2c1[O-].[Na+].[Na+]. The van der Waals surface area contributed by atoms with E-state index in [1.165, 1.54) is 36.4 Å². The predicted molar refractivity (Wildman–Crippen MR) is 265 cm³/mol. The molecule has 0 aliphatic heterocycles. The predicted octanol–water partition coefficient (Wildman–Crippen LogP) is 5.02. The molecule has 370 valence electrons. The van der Waals surface area contributed by atoms with Crippen molar-refractivity contribution in [3.63, 3.8) is 0 Å². The fourth-order valence-electron chi connectivity index (χ4n) is 7.27. The number of rotatable bonds is 15. The zero-order chi connectivity index (χ0) is 51.8. The van der Waals surface area contributed by atoms with Crippen molar-refractivity contribution in [3.8, 4) is 34.1 Å². The van der Waals surface area contributed by atoms with Crippen molar-refractivity contribution in [2.24, 2.45) is 20.5 Å². The summed E-state index contributed by atoms with van der Waals surface area (Å²) in [7, 11) is -10.1. The molecule has 0 saturated heterocycles. The van der Waals surface area contributed by atoms with E-state index in [-0.39, 0.29) is 150 Å². The van der Waals surface area contributed by atoms with Crippen molar-refractivity contribution in [3.05, 3.63) is 105 Å². The van der Waals surface area contributed by atoms with Gasteiger partial charge in [0.25, 0.3) is 20.2 Å². The largest absolute Gasteiger partial charge is 1.00 e. The van der Waals surface area contributed by atoms with Gasteiger partial charge in [0, 0.05) is 11.4 Å². The quantitative estimate of drug-likeness (QED) is 0.0594. The fraction of sp³-hybridized carbons (Fsp3) is 0.136. The second-order valence-electron chi connectivity index (χ2n) is 15.1. The summed E-state index contributed by atoms with van der Waals surface area (Å²) in [5.41, 5.74) is 1.92. The summed E-state index contributed by atoms with van der Waals surface area (Å²) in [6.45, 7) is 7.25. The number of anilines is 4. The maximum absolute atomic E-state index is 13.8. The fourth-order valence-corrected chi connectivity index (χ4v) is 9.30. The first-order valence-corrected chi connectivity index (χ1v) is 25.1. The number of nitrogens with one attached hydrogen (secondary N) is 2. The number of aryl methyl sites for hydroxylation is 2. The zero-order valence-electron chi connectivity index (χ0n) is 39.3. The van der Waals surface area contributed by atoms with Crippen LogP contribution in [0, 0.1) is 13.8 Å². The molecule has 0 amide bonds. The molecular weight excluding hydrogens is 1110 g/mol. The summed E-state index contributed by atoms with van der Waals surface area (Å²) in [5.74, 6) is -1.42. The summed E-state index contributed by atoms with van der Waals surface area (Å²) in [6, 6.07) is 17.3. The molecule has 0 unspecified atom stereocenters. The van der Waals surface area contributed by atoms with E-state index in [2.05, 4.69) is 61.0 Å². The Morgan fingerprint density at radius 2 is 0.892 bits per heavy atom. The van der Waals surface area contributed by atoms with Crippen LogP contribution in [0.5, 0.6) is 23.0 Å². The number of benzene rings is 6. The van der Waals surface area contributed by atoms with Crippen LogP contribution in [-0.4, -0.2) is 69.1 Å². The first-order valence-electron chi connectivity index (χ1n) is 20.7. The molecule has 0 aliphatic rings. The summed E-state index contributed by atoms with van der Waals surface area (Å²) < 4.78 is 83.2. The Bertz CT molecular complexity index is 3550. The van der Waals surface area contributed by atoms with Crippen LogP contribution >= 0.6 is 46.4 Å². The normalized spacial score (nSPS) is 11.8. The average molecular weight is 1140 g/mol. The topological polar surface area (TPSA) is 324 Å². The monoisotopic (exact) mass is 1140 g/mol. The van der Waals surface area contributed by atoms with E-state index < -0.39 is 52.9 Å². The minimum atomic E-state index is -5.04. The van der Waals surface area contributed by atoms with Gasteiger partial charge in [-0.1, -0.05) is 23.6 Å². The molecule has 8 aromatic rings. The van der Waals surface area contributed by atoms with Gasteiger partial charge in [-0.2, -0.15) is 46.7 Å². The third kappa shape index (κ3) is 13.1. The summed E-state index contributed by atoms with van der Waals surface area (Å²) >= 11 is 23.5. The number of nitrogens with zero attached hydrogens (tertiary/aromatic N) is 10. The van der Waals surface area contributed by atoms with Crippen LogP contribution in [0.3, 0.4) is 0 Å². The van der Waals surface area contributed by atoms with Crippen LogP contribution in [0.15, 0.2) is 103 Å². The number of azo groups is 2. The number of hydrogen-bond acceptors (Lipinski definition) is 20. The molecule has 22 nitrogen and oxygen atoms in total. The van der Waals surface area contributed by atoms with Crippen LogP contribution in [-0.2, 0) is 20.2 Å². The van der Waals surface area contributed by atoms with E-state index in [4.69, 9.17) is 55.9 Å². The van der Waals surface area contributed by atoms with Gasteiger partial charge in [-0.25, -0.2) is 0 Å². The van der Waals surface area contributed by atoms with Crippen LogP contribution < -0.4 is 89.4 Å². The van der Waals surface area contributed by atoms with Crippen molar-refractivity contribution >= 4 is 134 Å². The van der Waals surface area contributed by atoms with Gasteiger partial charge >= 0.3 is 59.1 Å². The third-order valence-electron chi connectivity index (χ3n) is 10.3. The number of halogens is 4. The number of hydrogen-bond donors (Lipinski definition) is 4. The smallest absolute Gasteiger partial charge is 0.871 e. The van der Waals surface area contributed by atoms with Crippen LogP contribution in [0.4, 0.5) is 46.0 Å². The van der Waals surface area contributed by atoms with E-state index in [1.807, 2.05) is 0 Å². The van der Waals surface area contributed by atoms with Gasteiger partial charge in [0.05, 0.1) is 24.6 Å². The molecule has 0 aliphatic carbocycles. The molecule has 0 saturated carbocycles. The Balaban J connectivity index is 0.00000446. The molecule has 74 heavy (non-hydrogen) atoms. The standard InChI is InChI=1S/C44H34Cl4N12O10S2.2Na/c1-5-69-31-17-27(19(3)11-29(31)57-59-35-33(71(63,64)65)15-21-13-23(7-9-25(21)37(35)61)49-43-53-39(45)51-40(46)54-43)28-18-32(70-6-2)30(12-20(28)4)58-60-36-34(72(66,67)68)16-22-14-24(8-10-26(22)38(36)62)50-44-55-41(47)52-42(48)56-44;;/h7-18,61-62H,5-6H2,1-4H3,(H,63,64,65)(H,66,67,68)(H,49,51,53,54)(H,50,52,55,56);;/q;2*+1/p-2. The molecule has 6 aromatic carbocycles. The van der Waals surface area contributed by atoms with E-state index >= 15 is 0 Å². The van der Waals surface area contributed by atoms with Gasteiger partial charge < -0.3 is 30.3 Å². The molecular formula is C44H32Cl4N12Na2O10S2. The van der Waals surface area contributed by atoms with Gasteiger partial charge in [0.2, 0.25) is 33.0 Å². The number of ether oxygens (including phenoxy) is 2. The zero-order valence-corrected chi connectivity index (χ0v) is 48.0. The van der Waals surface area contributed by atoms with Gasteiger partial charge in [-0.05, 0) is 179 Å². The van der Waals surface area contributed by atoms with Crippen LogP contribution in [0.25, 0.3) is 32.7 Å². The number of fused-ring (bicyclic) bond motifs is 2. The van der Waals surface area contributed by atoms with Gasteiger partial charge in [0.15, 0.2) is 0 Å². The average Bonchev–Trinajstić information content (AvgIpc) is 3.28. The summed E-state index contributed by atoms with van der Waals surface area (Å²) in [5, 5.41) is 49.5. The Kier molecular flexibility index (Phi) is 18.7. The van der Waals surface area contributed by atoms with Gasteiger partial charge in [0.1, 0.15) is 32.7 Å². The van der Waals surface area contributed by atoms with Crippen molar-refractivity contribution in [2.45, 2.75) is 37.5 Å². The van der Waals surface area contributed by atoms with Crippen LogP contribution in [0.2, 0.25) is 21.1 Å². The molecule has 4 N–H and O–H groups in total. The molecule has 2 heterocycles. The minimum Gasteiger partial charge on any atom is -0.871 e. The second-order valence-corrected chi connectivity index (χ2v) is 19.2.